The van der Waals surface area contributed by atoms with Crippen molar-refractivity contribution in [3.05, 3.63) is 28.4 Å². The van der Waals surface area contributed by atoms with Gasteiger partial charge < -0.3 is 0 Å². The molecule has 0 aliphatic rings. The smallest absolute Gasteiger partial charge is 0.259 e. The molecule has 0 aliphatic heterocycles. The van der Waals surface area contributed by atoms with Gasteiger partial charge in [0, 0.05) is 0 Å². The van der Waals surface area contributed by atoms with E-state index >= 15 is 0 Å². The number of hydrogen-bond acceptors (Lipinski definition) is 7. The zero-order valence-electron chi connectivity index (χ0n) is 9.99. The predicted molar refractivity (Wildman–Crippen MR) is 74.5 cm³/mol. The lowest BCUT2D eigenvalue weighted by atomic mass is 10.3. The maximum absolute atomic E-state index is 12.4. The van der Waals surface area contributed by atoms with Crippen LogP contribution < -0.4 is 4.72 Å². The van der Waals surface area contributed by atoms with E-state index in [4.69, 9.17) is 11.6 Å². The van der Waals surface area contributed by atoms with Gasteiger partial charge in [0.2, 0.25) is 5.82 Å². The van der Waals surface area contributed by atoms with Gasteiger partial charge in [0.05, 0.1) is 15.2 Å². The third kappa shape index (κ3) is 2.13. The Hall–Kier alpha value is -1.71. The van der Waals surface area contributed by atoms with Gasteiger partial charge in [0.25, 0.3) is 10.0 Å². The summed E-state index contributed by atoms with van der Waals surface area (Å²) in [4.78, 5) is 3.97. The Labute approximate surface area is 122 Å². The van der Waals surface area contributed by atoms with Crippen molar-refractivity contribution in [2.24, 2.45) is 0 Å². The summed E-state index contributed by atoms with van der Waals surface area (Å²) in [7, 11) is -3.93. The first-order valence-corrected chi connectivity index (χ1v) is 8.07. The maximum Gasteiger partial charge on any atom is 0.266 e. The summed E-state index contributed by atoms with van der Waals surface area (Å²) < 4.78 is 32.4. The van der Waals surface area contributed by atoms with Crippen molar-refractivity contribution in [1.29, 1.82) is 0 Å². The van der Waals surface area contributed by atoms with Gasteiger partial charge in [0.15, 0.2) is 0 Å². The number of anilines is 1. The first kappa shape index (κ1) is 13.3. The summed E-state index contributed by atoms with van der Waals surface area (Å²) >= 11 is 7.34. The normalized spacial score (nSPS) is 11.9. The summed E-state index contributed by atoms with van der Waals surface area (Å²) in [5, 5.41) is 7.08. The van der Waals surface area contributed by atoms with Crippen molar-refractivity contribution in [1.82, 2.24) is 15.3 Å². The molecule has 0 fully saturated rings. The zero-order valence-corrected chi connectivity index (χ0v) is 12.4. The molecule has 7 nitrogen and oxygen atoms in total. The maximum atomic E-state index is 12.4. The first-order valence-electron chi connectivity index (χ1n) is 5.33. The fourth-order valence-electron chi connectivity index (χ4n) is 1.64. The summed E-state index contributed by atoms with van der Waals surface area (Å²) in [6.07, 6.45) is 0. The zero-order chi connectivity index (χ0) is 14.3. The Kier molecular flexibility index (Phi) is 3.11. The number of nitrogens with one attached hydrogen (secondary N) is 1. The number of hydrogen-bond donors (Lipinski definition) is 1. The Morgan fingerprint density at radius 1 is 1.35 bits per heavy atom. The average Bonchev–Trinajstić information content (AvgIpc) is 2.98. The molecule has 0 saturated heterocycles. The third-order valence-corrected chi connectivity index (χ3v) is 5.19. The monoisotopic (exact) mass is 330 g/mol. The molecule has 1 N–H and O–H groups in total. The van der Waals surface area contributed by atoms with Crippen LogP contribution in [0, 0.1) is 6.92 Å². The van der Waals surface area contributed by atoms with Crippen molar-refractivity contribution in [3.8, 4) is 0 Å². The topological polar surface area (TPSA) is 98.0 Å². The van der Waals surface area contributed by atoms with E-state index in [2.05, 4.69) is 24.6 Å². The van der Waals surface area contributed by atoms with Gasteiger partial charge in [-0.1, -0.05) is 16.8 Å². The molecule has 0 aliphatic carbocycles. The average molecular weight is 331 g/mol. The van der Waals surface area contributed by atoms with Crippen LogP contribution in [0.5, 0.6) is 0 Å². The van der Waals surface area contributed by atoms with Crippen LogP contribution >= 0.6 is 22.9 Å². The van der Waals surface area contributed by atoms with Gasteiger partial charge in [-0.3, -0.25) is 4.72 Å². The van der Waals surface area contributed by atoms with E-state index < -0.39 is 10.0 Å². The van der Waals surface area contributed by atoms with Gasteiger partial charge in [-0.05, 0) is 24.2 Å². The number of nitrogens with zero attached hydrogens (tertiary/aromatic N) is 3. The molecule has 0 unspecified atom stereocenters. The molecule has 0 amide bonds. The summed E-state index contributed by atoms with van der Waals surface area (Å²) in [6, 6.07) is 3.24. The molecular formula is C10H7ClN4O3S2. The van der Waals surface area contributed by atoms with Gasteiger partial charge in [-0.15, -0.1) is 11.3 Å². The molecule has 0 atom stereocenters. The number of aryl methyl sites for hydroxylation is 1. The fraction of sp³-hybridized carbons (Fsp3) is 0.100. The molecule has 0 bridgehead atoms. The fourth-order valence-corrected chi connectivity index (χ4v) is 4.13. The molecule has 10 heteroatoms. The second kappa shape index (κ2) is 4.69. The minimum absolute atomic E-state index is 0.0216. The van der Waals surface area contributed by atoms with Crippen molar-refractivity contribution < 1.29 is 13.0 Å². The molecule has 20 heavy (non-hydrogen) atoms. The van der Waals surface area contributed by atoms with Crippen molar-refractivity contribution in [2.75, 3.05) is 4.72 Å². The second-order valence-electron chi connectivity index (χ2n) is 3.88. The molecule has 3 rings (SSSR count). The number of rotatable bonds is 3. The van der Waals surface area contributed by atoms with Crippen LogP contribution in [0.3, 0.4) is 0 Å². The Morgan fingerprint density at radius 2 is 2.15 bits per heavy atom. The van der Waals surface area contributed by atoms with E-state index in [1.54, 1.807) is 18.5 Å². The van der Waals surface area contributed by atoms with E-state index in [0.717, 1.165) is 4.70 Å². The molecule has 104 valence electrons. The molecule has 1 aromatic carbocycles. The predicted octanol–water partition coefficient (Wildman–Crippen LogP) is 2.44. The molecule has 2 heterocycles. The van der Waals surface area contributed by atoms with Gasteiger partial charge in [-0.25, -0.2) is 18.0 Å². The van der Waals surface area contributed by atoms with Crippen molar-refractivity contribution in [3.63, 3.8) is 0 Å². The van der Waals surface area contributed by atoms with E-state index in [-0.39, 0.29) is 15.7 Å². The first-order chi connectivity index (χ1) is 9.49. The van der Waals surface area contributed by atoms with E-state index in [0.29, 0.717) is 11.2 Å². The molecule has 3 aromatic rings. The van der Waals surface area contributed by atoms with Crippen LogP contribution in [0.1, 0.15) is 5.69 Å². The second-order valence-corrected chi connectivity index (χ2v) is 6.79. The van der Waals surface area contributed by atoms with E-state index in [1.807, 2.05) is 0 Å². The highest BCUT2D eigenvalue weighted by molar-refractivity contribution is 7.93. The lowest BCUT2D eigenvalue weighted by Crippen LogP contribution is -2.15. The minimum atomic E-state index is -3.93. The number of thiazole rings is 1. The highest BCUT2D eigenvalue weighted by Gasteiger charge is 2.25. The van der Waals surface area contributed by atoms with E-state index in [1.165, 1.54) is 17.4 Å². The Bertz CT molecular complexity index is 887. The van der Waals surface area contributed by atoms with Gasteiger partial charge in [-0.2, -0.15) is 0 Å². The Morgan fingerprint density at radius 3 is 2.85 bits per heavy atom. The van der Waals surface area contributed by atoms with Crippen LogP contribution in [-0.2, 0) is 10.0 Å². The number of fused-ring (bicyclic) bond motifs is 1. The highest BCUT2D eigenvalue weighted by atomic mass is 35.5. The highest BCUT2D eigenvalue weighted by Crippen LogP contribution is 2.32. The summed E-state index contributed by atoms with van der Waals surface area (Å²) in [6.45, 7) is 1.57. The summed E-state index contributed by atoms with van der Waals surface area (Å²) in [5.41, 5.74) is 2.21. The lowest BCUT2D eigenvalue weighted by Gasteiger charge is -2.07. The third-order valence-electron chi connectivity index (χ3n) is 2.56. The van der Waals surface area contributed by atoms with Crippen LogP contribution in [0.2, 0.25) is 5.02 Å². The molecule has 0 spiro atoms. The van der Waals surface area contributed by atoms with E-state index in [9.17, 15) is 8.42 Å². The molecular weight excluding hydrogens is 324 g/mol. The van der Waals surface area contributed by atoms with Crippen LogP contribution in [0.25, 0.3) is 10.2 Å². The molecule has 0 radical (unpaired) electrons. The molecule has 0 saturated carbocycles. The van der Waals surface area contributed by atoms with Crippen molar-refractivity contribution in [2.45, 2.75) is 11.8 Å². The largest absolute Gasteiger partial charge is 0.266 e. The van der Waals surface area contributed by atoms with Crippen LogP contribution in [0.4, 0.5) is 5.82 Å². The van der Waals surface area contributed by atoms with Gasteiger partial charge in [0.1, 0.15) is 16.1 Å². The quantitative estimate of drug-likeness (QED) is 0.792. The number of aromatic nitrogens is 3. The standard InChI is InChI=1S/C10H7ClN4O3S2/c1-5-10(14-18-13-5)15-20(16,17)9-6(11)2-3-7-8(9)12-4-19-7/h2-4H,1H3,(H,14,15). The number of sulfonamides is 1. The number of benzene rings is 1. The van der Waals surface area contributed by atoms with Crippen LogP contribution in [-0.4, -0.2) is 23.7 Å². The Balaban J connectivity index is 2.16. The minimum Gasteiger partial charge on any atom is -0.259 e. The van der Waals surface area contributed by atoms with Gasteiger partial charge >= 0.3 is 0 Å². The van der Waals surface area contributed by atoms with Crippen LogP contribution in [0.15, 0.2) is 27.2 Å². The number of halogens is 1. The molecule has 2 aromatic heterocycles. The lowest BCUT2D eigenvalue weighted by molar-refractivity contribution is 0.306. The summed E-state index contributed by atoms with van der Waals surface area (Å²) in [5.74, 6) is 0.0216. The SMILES string of the molecule is Cc1nonc1NS(=O)(=O)c1c(Cl)ccc2scnc12. The van der Waals surface area contributed by atoms with Crippen molar-refractivity contribution >= 4 is 49.0 Å².